The van der Waals surface area contributed by atoms with E-state index in [2.05, 4.69) is 41.5 Å². The second kappa shape index (κ2) is 15.5. The summed E-state index contributed by atoms with van der Waals surface area (Å²) in [5.74, 6) is 3.86. The van der Waals surface area contributed by atoms with E-state index in [4.69, 9.17) is 0 Å². The molecule has 0 spiro atoms. The minimum Gasteiger partial charge on any atom is -0.0651 e. The maximum atomic E-state index is 2.41. The predicted octanol–water partition coefficient (Wildman–Crippen LogP) is 8.64. The Morgan fingerprint density at radius 3 is 1.00 bits per heavy atom. The molecule has 0 amide bonds. The van der Waals surface area contributed by atoms with Gasteiger partial charge in [0.25, 0.3) is 0 Å². The molecule has 140 valence electrons. The molecule has 4 unspecified atom stereocenters. The van der Waals surface area contributed by atoms with E-state index in [1.54, 1.807) is 0 Å². The van der Waals surface area contributed by atoms with Crippen molar-refractivity contribution in [2.45, 2.75) is 125 Å². The molecule has 0 nitrogen and oxygen atoms in total. The van der Waals surface area contributed by atoms with Crippen LogP contribution in [-0.4, -0.2) is 0 Å². The molecule has 0 radical (unpaired) electrons. The highest BCUT2D eigenvalue weighted by Gasteiger charge is 2.11. The van der Waals surface area contributed by atoms with Crippen LogP contribution in [0.5, 0.6) is 0 Å². The molecule has 0 aliphatic rings. The summed E-state index contributed by atoms with van der Waals surface area (Å²) in [6.07, 6.45) is 18.7. The number of hydrogen-bond donors (Lipinski definition) is 0. The summed E-state index contributed by atoms with van der Waals surface area (Å²) in [6, 6.07) is 0. The summed E-state index contributed by atoms with van der Waals surface area (Å²) in [4.78, 5) is 0. The fourth-order valence-corrected chi connectivity index (χ4v) is 3.72. The maximum Gasteiger partial charge on any atom is -0.0417 e. The average molecular weight is 325 g/mol. The van der Waals surface area contributed by atoms with Gasteiger partial charge in [-0.25, -0.2) is 0 Å². The Balaban J connectivity index is 3.79. The molecule has 0 N–H and O–H groups in total. The molecular weight excluding hydrogens is 276 g/mol. The Labute approximate surface area is 149 Å². The third-order valence-electron chi connectivity index (χ3n) is 6.39. The van der Waals surface area contributed by atoms with Crippen LogP contribution < -0.4 is 0 Å². The van der Waals surface area contributed by atoms with Crippen molar-refractivity contribution in [1.82, 2.24) is 0 Å². The number of hydrogen-bond acceptors (Lipinski definition) is 0. The molecule has 0 fully saturated rings. The summed E-state index contributed by atoms with van der Waals surface area (Å²) in [7, 11) is 0. The SMILES string of the molecule is CCC(C)CCCC(CC)CCCC(CC)CCCC(C)CC. The van der Waals surface area contributed by atoms with Crippen LogP contribution in [0.4, 0.5) is 0 Å². The van der Waals surface area contributed by atoms with E-state index in [0.717, 1.165) is 23.7 Å². The first-order chi connectivity index (χ1) is 11.1. The molecule has 0 aromatic carbocycles. The topological polar surface area (TPSA) is 0 Å². The lowest BCUT2D eigenvalue weighted by atomic mass is 9.87. The molecule has 0 heteroatoms. The van der Waals surface area contributed by atoms with Crippen molar-refractivity contribution in [1.29, 1.82) is 0 Å². The summed E-state index contributed by atoms with van der Waals surface area (Å²) < 4.78 is 0. The van der Waals surface area contributed by atoms with Gasteiger partial charge in [0.05, 0.1) is 0 Å². The molecule has 0 aliphatic carbocycles. The Kier molecular flexibility index (Phi) is 15.5. The monoisotopic (exact) mass is 324 g/mol. The first-order valence-corrected chi connectivity index (χ1v) is 11.1. The van der Waals surface area contributed by atoms with Gasteiger partial charge in [0, 0.05) is 0 Å². The van der Waals surface area contributed by atoms with Gasteiger partial charge < -0.3 is 0 Å². The van der Waals surface area contributed by atoms with Crippen LogP contribution in [0.15, 0.2) is 0 Å². The van der Waals surface area contributed by atoms with Gasteiger partial charge in [-0.15, -0.1) is 0 Å². The molecule has 4 atom stereocenters. The predicted molar refractivity (Wildman–Crippen MR) is 108 cm³/mol. The highest BCUT2D eigenvalue weighted by molar-refractivity contribution is 4.64. The van der Waals surface area contributed by atoms with E-state index in [-0.39, 0.29) is 0 Å². The fraction of sp³-hybridized carbons (Fsp3) is 1.00. The van der Waals surface area contributed by atoms with Crippen molar-refractivity contribution in [2.24, 2.45) is 23.7 Å². The van der Waals surface area contributed by atoms with Crippen molar-refractivity contribution < 1.29 is 0 Å². The minimum absolute atomic E-state index is 0.933. The van der Waals surface area contributed by atoms with E-state index < -0.39 is 0 Å². The van der Waals surface area contributed by atoms with Gasteiger partial charge in [-0.1, -0.05) is 125 Å². The van der Waals surface area contributed by atoms with Crippen molar-refractivity contribution in [3.8, 4) is 0 Å². The Morgan fingerprint density at radius 1 is 0.435 bits per heavy atom. The summed E-state index contributed by atoms with van der Waals surface area (Å²) in [5.41, 5.74) is 0. The molecule has 0 bridgehead atoms. The minimum atomic E-state index is 0.933. The van der Waals surface area contributed by atoms with Gasteiger partial charge in [-0.2, -0.15) is 0 Å². The molecule has 23 heavy (non-hydrogen) atoms. The van der Waals surface area contributed by atoms with Crippen molar-refractivity contribution >= 4 is 0 Å². The van der Waals surface area contributed by atoms with Crippen molar-refractivity contribution in [3.63, 3.8) is 0 Å². The van der Waals surface area contributed by atoms with Gasteiger partial charge in [-0.3, -0.25) is 0 Å². The smallest absolute Gasteiger partial charge is 0.0417 e. The third-order valence-corrected chi connectivity index (χ3v) is 6.39. The second-order valence-corrected chi connectivity index (χ2v) is 8.37. The highest BCUT2D eigenvalue weighted by atomic mass is 14.2. The maximum absolute atomic E-state index is 2.41. The lowest BCUT2D eigenvalue weighted by Crippen LogP contribution is -2.05. The van der Waals surface area contributed by atoms with E-state index in [1.807, 2.05) is 0 Å². The van der Waals surface area contributed by atoms with Gasteiger partial charge >= 0.3 is 0 Å². The van der Waals surface area contributed by atoms with Crippen molar-refractivity contribution in [2.75, 3.05) is 0 Å². The quantitative estimate of drug-likeness (QED) is 0.266. The molecule has 0 saturated carbocycles. The van der Waals surface area contributed by atoms with Gasteiger partial charge in [0.2, 0.25) is 0 Å². The zero-order valence-corrected chi connectivity index (χ0v) is 17.5. The van der Waals surface area contributed by atoms with Crippen LogP contribution >= 0.6 is 0 Å². The molecule has 0 aliphatic heterocycles. The molecule has 0 saturated heterocycles. The van der Waals surface area contributed by atoms with E-state index in [0.29, 0.717) is 0 Å². The Hall–Kier alpha value is 0. The molecule has 0 rings (SSSR count). The van der Waals surface area contributed by atoms with Crippen LogP contribution in [0, 0.1) is 23.7 Å². The zero-order chi connectivity index (χ0) is 17.5. The van der Waals surface area contributed by atoms with Crippen molar-refractivity contribution in [3.05, 3.63) is 0 Å². The summed E-state index contributed by atoms with van der Waals surface area (Å²) in [6.45, 7) is 14.3. The van der Waals surface area contributed by atoms with Crippen LogP contribution in [-0.2, 0) is 0 Å². The third kappa shape index (κ3) is 13.0. The van der Waals surface area contributed by atoms with Crippen LogP contribution in [0.1, 0.15) is 125 Å². The number of rotatable bonds is 16. The van der Waals surface area contributed by atoms with Crippen LogP contribution in [0.2, 0.25) is 0 Å². The van der Waals surface area contributed by atoms with Gasteiger partial charge in [-0.05, 0) is 23.7 Å². The normalized spacial score (nSPS) is 17.0. The highest BCUT2D eigenvalue weighted by Crippen LogP contribution is 2.26. The molecule has 0 aromatic rings. The zero-order valence-electron chi connectivity index (χ0n) is 17.5. The summed E-state index contributed by atoms with van der Waals surface area (Å²) >= 11 is 0. The first kappa shape index (κ1) is 23.0. The van der Waals surface area contributed by atoms with Crippen LogP contribution in [0.3, 0.4) is 0 Å². The standard InChI is InChI=1S/C23H48/c1-7-20(5)14-11-16-22(9-3)18-13-19-23(10-4)17-12-15-21(6)8-2/h20-23H,7-19H2,1-6H3. The van der Waals surface area contributed by atoms with Gasteiger partial charge in [0.1, 0.15) is 0 Å². The Morgan fingerprint density at radius 2 is 0.739 bits per heavy atom. The van der Waals surface area contributed by atoms with E-state index >= 15 is 0 Å². The van der Waals surface area contributed by atoms with Crippen LogP contribution in [0.25, 0.3) is 0 Å². The van der Waals surface area contributed by atoms with Gasteiger partial charge in [0.15, 0.2) is 0 Å². The lowest BCUT2D eigenvalue weighted by molar-refractivity contribution is 0.338. The molecule has 0 heterocycles. The van der Waals surface area contributed by atoms with E-state index in [9.17, 15) is 0 Å². The first-order valence-electron chi connectivity index (χ1n) is 11.1. The van der Waals surface area contributed by atoms with E-state index in [1.165, 1.54) is 83.5 Å². The second-order valence-electron chi connectivity index (χ2n) is 8.37. The summed E-state index contributed by atoms with van der Waals surface area (Å²) in [5, 5.41) is 0. The Bertz CT molecular complexity index is 208. The molecule has 0 aromatic heterocycles. The lowest BCUT2D eigenvalue weighted by Gasteiger charge is -2.19. The fourth-order valence-electron chi connectivity index (χ4n) is 3.72. The molecular formula is C23H48. The average Bonchev–Trinajstić information content (AvgIpc) is 2.58. The largest absolute Gasteiger partial charge is 0.0651 e.